The SMILES string of the molecule is CC(C)Cn1ncc(C(=O)Nc2cnccn2)c1C(F)F. The van der Waals surface area contributed by atoms with Crippen molar-refractivity contribution in [2.24, 2.45) is 5.92 Å². The van der Waals surface area contributed by atoms with Crippen LogP contribution in [0.25, 0.3) is 0 Å². The van der Waals surface area contributed by atoms with Gasteiger partial charge in [0.25, 0.3) is 12.3 Å². The molecule has 2 heterocycles. The van der Waals surface area contributed by atoms with Crippen molar-refractivity contribution in [2.45, 2.75) is 26.8 Å². The number of amides is 1. The lowest BCUT2D eigenvalue weighted by atomic mass is 10.2. The lowest BCUT2D eigenvalue weighted by Gasteiger charge is -2.10. The van der Waals surface area contributed by atoms with E-state index >= 15 is 0 Å². The summed E-state index contributed by atoms with van der Waals surface area (Å²) >= 11 is 0. The Morgan fingerprint density at radius 3 is 2.67 bits per heavy atom. The number of alkyl halides is 2. The van der Waals surface area contributed by atoms with E-state index in [0.717, 1.165) is 6.20 Å². The fourth-order valence-electron chi connectivity index (χ4n) is 1.84. The van der Waals surface area contributed by atoms with E-state index in [4.69, 9.17) is 0 Å². The molecule has 21 heavy (non-hydrogen) atoms. The lowest BCUT2D eigenvalue weighted by molar-refractivity contribution is 0.100. The van der Waals surface area contributed by atoms with E-state index in [1.807, 2.05) is 13.8 Å². The third kappa shape index (κ3) is 3.59. The average molecular weight is 295 g/mol. The summed E-state index contributed by atoms with van der Waals surface area (Å²) < 4.78 is 27.6. The Balaban J connectivity index is 2.26. The predicted molar refractivity (Wildman–Crippen MR) is 72.0 cm³/mol. The largest absolute Gasteiger partial charge is 0.305 e. The van der Waals surface area contributed by atoms with Gasteiger partial charge in [0.1, 0.15) is 5.69 Å². The number of nitrogens with one attached hydrogen (secondary N) is 1. The summed E-state index contributed by atoms with van der Waals surface area (Å²) in [6.07, 6.45) is 2.54. The van der Waals surface area contributed by atoms with Crippen LogP contribution in [0.1, 0.15) is 36.3 Å². The van der Waals surface area contributed by atoms with Crippen molar-refractivity contribution in [2.75, 3.05) is 5.32 Å². The Bertz CT molecular complexity index is 612. The molecule has 6 nitrogen and oxygen atoms in total. The molecule has 0 aliphatic heterocycles. The molecule has 112 valence electrons. The summed E-state index contributed by atoms with van der Waals surface area (Å²) in [6, 6.07) is 0. The maximum Gasteiger partial charge on any atom is 0.280 e. The van der Waals surface area contributed by atoms with Crippen molar-refractivity contribution in [3.8, 4) is 0 Å². The van der Waals surface area contributed by atoms with E-state index < -0.39 is 12.3 Å². The van der Waals surface area contributed by atoms with Gasteiger partial charge >= 0.3 is 0 Å². The number of rotatable bonds is 5. The average Bonchev–Trinajstić information content (AvgIpc) is 2.83. The minimum Gasteiger partial charge on any atom is -0.305 e. The van der Waals surface area contributed by atoms with Gasteiger partial charge in [-0.15, -0.1) is 0 Å². The van der Waals surface area contributed by atoms with Crippen LogP contribution in [0, 0.1) is 5.92 Å². The summed E-state index contributed by atoms with van der Waals surface area (Å²) in [5.74, 6) is -0.349. The molecule has 0 saturated heterocycles. The van der Waals surface area contributed by atoms with E-state index in [1.165, 1.54) is 23.3 Å². The summed E-state index contributed by atoms with van der Waals surface area (Å²) in [4.78, 5) is 19.7. The minimum absolute atomic E-state index is 0.137. The maximum absolute atomic E-state index is 13.2. The van der Waals surface area contributed by atoms with Crippen LogP contribution in [0.2, 0.25) is 0 Å². The number of hydrogen-bond acceptors (Lipinski definition) is 4. The molecule has 0 spiro atoms. The summed E-state index contributed by atoms with van der Waals surface area (Å²) in [5, 5.41) is 6.30. The van der Waals surface area contributed by atoms with Crippen molar-refractivity contribution >= 4 is 11.7 Å². The van der Waals surface area contributed by atoms with Crippen LogP contribution in [-0.2, 0) is 6.54 Å². The van der Waals surface area contributed by atoms with E-state index in [0.29, 0.717) is 6.54 Å². The summed E-state index contributed by atoms with van der Waals surface area (Å²) in [5.41, 5.74) is -0.540. The smallest absolute Gasteiger partial charge is 0.280 e. The fourth-order valence-corrected chi connectivity index (χ4v) is 1.84. The van der Waals surface area contributed by atoms with Gasteiger partial charge in [-0.1, -0.05) is 13.8 Å². The van der Waals surface area contributed by atoms with Crippen molar-refractivity contribution in [1.29, 1.82) is 0 Å². The third-order valence-electron chi connectivity index (χ3n) is 2.67. The number of hydrogen-bond donors (Lipinski definition) is 1. The first kappa shape index (κ1) is 15.0. The van der Waals surface area contributed by atoms with Crippen LogP contribution < -0.4 is 5.32 Å². The Hall–Kier alpha value is -2.38. The maximum atomic E-state index is 13.2. The number of halogens is 2. The van der Waals surface area contributed by atoms with Gasteiger partial charge < -0.3 is 5.32 Å². The summed E-state index contributed by atoms with van der Waals surface area (Å²) in [7, 11) is 0. The molecule has 2 aromatic rings. The summed E-state index contributed by atoms with van der Waals surface area (Å²) in [6.45, 7) is 4.09. The number of carbonyl (C=O) groups is 1. The van der Waals surface area contributed by atoms with Crippen LogP contribution >= 0.6 is 0 Å². The highest BCUT2D eigenvalue weighted by atomic mass is 19.3. The topological polar surface area (TPSA) is 72.7 Å². The van der Waals surface area contributed by atoms with Gasteiger partial charge in [0.2, 0.25) is 0 Å². The molecule has 0 bridgehead atoms. The Morgan fingerprint density at radius 2 is 2.10 bits per heavy atom. The number of carbonyl (C=O) groups excluding carboxylic acids is 1. The molecule has 0 atom stereocenters. The molecule has 1 N–H and O–H groups in total. The molecule has 0 saturated carbocycles. The monoisotopic (exact) mass is 295 g/mol. The second kappa shape index (κ2) is 6.38. The van der Waals surface area contributed by atoms with Crippen molar-refractivity contribution in [3.63, 3.8) is 0 Å². The van der Waals surface area contributed by atoms with Gasteiger partial charge in [-0.2, -0.15) is 5.10 Å². The van der Waals surface area contributed by atoms with E-state index in [2.05, 4.69) is 20.4 Å². The molecule has 8 heteroatoms. The second-order valence-electron chi connectivity index (χ2n) is 4.86. The highest BCUT2D eigenvalue weighted by molar-refractivity contribution is 6.04. The molecular formula is C13H15F2N5O. The second-order valence-corrected chi connectivity index (χ2v) is 4.86. The van der Waals surface area contributed by atoms with Gasteiger partial charge in [0, 0.05) is 18.9 Å². The molecular weight excluding hydrogens is 280 g/mol. The van der Waals surface area contributed by atoms with Crippen LogP contribution in [0.3, 0.4) is 0 Å². The number of anilines is 1. The number of aromatic nitrogens is 4. The molecule has 0 aromatic carbocycles. The standard InChI is InChI=1S/C13H15F2N5O/c1-8(2)7-20-11(12(14)15)9(5-18-20)13(21)19-10-6-16-3-4-17-10/h3-6,8,12H,7H2,1-2H3,(H,17,19,21). The van der Waals surface area contributed by atoms with Crippen LogP contribution in [0.5, 0.6) is 0 Å². The Morgan fingerprint density at radius 1 is 1.33 bits per heavy atom. The van der Waals surface area contributed by atoms with Crippen molar-refractivity contribution in [3.05, 3.63) is 36.0 Å². The minimum atomic E-state index is -2.78. The van der Waals surface area contributed by atoms with Gasteiger partial charge in [-0.25, -0.2) is 13.8 Å². The highest BCUT2D eigenvalue weighted by Gasteiger charge is 2.25. The van der Waals surface area contributed by atoms with Gasteiger partial charge in [0.05, 0.1) is 18.0 Å². The normalized spacial score (nSPS) is 11.1. The predicted octanol–water partition coefficient (Wildman–Crippen LogP) is 2.52. The lowest BCUT2D eigenvalue weighted by Crippen LogP contribution is -2.17. The molecule has 1 amide bonds. The molecule has 2 aromatic heterocycles. The molecule has 0 aliphatic rings. The third-order valence-corrected chi connectivity index (χ3v) is 2.67. The number of nitrogens with zero attached hydrogens (tertiary/aromatic N) is 4. The zero-order valence-electron chi connectivity index (χ0n) is 11.6. The zero-order chi connectivity index (χ0) is 15.4. The quantitative estimate of drug-likeness (QED) is 0.920. The van der Waals surface area contributed by atoms with Crippen molar-refractivity contribution < 1.29 is 13.6 Å². The molecule has 0 unspecified atom stereocenters. The van der Waals surface area contributed by atoms with Crippen LogP contribution in [0.4, 0.5) is 14.6 Å². The van der Waals surface area contributed by atoms with Crippen LogP contribution in [0.15, 0.2) is 24.8 Å². The highest BCUT2D eigenvalue weighted by Crippen LogP contribution is 2.24. The van der Waals surface area contributed by atoms with Gasteiger partial charge in [0.15, 0.2) is 5.82 Å². The molecule has 0 fully saturated rings. The molecule has 0 radical (unpaired) electrons. The Kier molecular flexibility index (Phi) is 4.56. The Labute approximate surface area is 120 Å². The van der Waals surface area contributed by atoms with Gasteiger partial charge in [-0.3, -0.25) is 14.5 Å². The first-order chi connectivity index (χ1) is 9.99. The van der Waals surface area contributed by atoms with E-state index in [9.17, 15) is 13.6 Å². The van der Waals surface area contributed by atoms with E-state index in [1.54, 1.807) is 0 Å². The fraction of sp³-hybridized carbons (Fsp3) is 0.385. The molecule has 2 rings (SSSR count). The van der Waals surface area contributed by atoms with Gasteiger partial charge in [-0.05, 0) is 5.92 Å². The van der Waals surface area contributed by atoms with E-state index in [-0.39, 0.29) is 23.0 Å². The van der Waals surface area contributed by atoms with Crippen LogP contribution in [-0.4, -0.2) is 25.7 Å². The zero-order valence-corrected chi connectivity index (χ0v) is 11.6. The first-order valence-electron chi connectivity index (χ1n) is 6.40. The van der Waals surface area contributed by atoms with Crippen molar-refractivity contribution in [1.82, 2.24) is 19.7 Å². The molecule has 0 aliphatic carbocycles. The first-order valence-corrected chi connectivity index (χ1v) is 6.40.